The first kappa shape index (κ1) is 24.3. The summed E-state index contributed by atoms with van der Waals surface area (Å²) < 4.78 is 5.29. The van der Waals surface area contributed by atoms with Crippen LogP contribution in [0.25, 0.3) is 0 Å². The van der Waals surface area contributed by atoms with Crippen LogP contribution in [0.1, 0.15) is 50.4 Å². The van der Waals surface area contributed by atoms with E-state index in [1.807, 2.05) is 12.1 Å². The largest absolute Gasteiger partial charge is 0.463 e. The van der Waals surface area contributed by atoms with Gasteiger partial charge in [0.05, 0.1) is 6.04 Å². The van der Waals surface area contributed by atoms with Crippen LogP contribution in [0.2, 0.25) is 0 Å². The number of nitrogen functional groups attached to an aromatic ring is 1. The zero-order valence-electron chi connectivity index (χ0n) is 17.4. The van der Waals surface area contributed by atoms with Crippen LogP contribution in [0.15, 0.2) is 42.5 Å². The summed E-state index contributed by atoms with van der Waals surface area (Å²) in [7, 11) is 0. The first-order valence-electron chi connectivity index (χ1n) is 9.53. The fourth-order valence-corrected chi connectivity index (χ4v) is 2.94. The van der Waals surface area contributed by atoms with Gasteiger partial charge in [0.1, 0.15) is 12.4 Å². The molecule has 29 heavy (non-hydrogen) atoms. The average molecular weight is 419 g/mol. The van der Waals surface area contributed by atoms with Crippen molar-refractivity contribution in [3.63, 3.8) is 0 Å². The lowest BCUT2D eigenvalue weighted by molar-refractivity contribution is -0.141. The van der Waals surface area contributed by atoms with Crippen molar-refractivity contribution in [2.75, 3.05) is 17.2 Å². The third kappa shape index (κ3) is 7.31. The zero-order valence-corrected chi connectivity index (χ0v) is 18.2. The maximum absolute atomic E-state index is 11.4. The number of anilines is 2. The lowest BCUT2D eigenvalue weighted by Gasteiger charge is -2.22. The molecule has 2 aromatic rings. The Labute approximate surface area is 179 Å². The van der Waals surface area contributed by atoms with Gasteiger partial charge < -0.3 is 21.1 Å². The van der Waals surface area contributed by atoms with Gasteiger partial charge >= 0.3 is 5.97 Å². The van der Waals surface area contributed by atoms with Crippen LogP contribution in [0.3, 0.4) is 0 Å². The quantitative estimate of drug-likeness (QED) is 0.273. The van der Waals surface area contributed by atoms with Crippen molar-refractivity contribution in [1.82, 2.24) is 0 Å². The van der Waals surface area contributed by atoms with Crippen molar-refractivity contribution in [3.05, 3.63) is 59.2 Å². The van der Waals surface area contributed by atoms with Crippen LogP contribution in [-0.2, 0) is 16.0 Å². The molecule has 0 saturated heterocycles. The standard InChI is InChI=1S/C22H30N4O2.ClH/c1-5-16-12-18(8-11-20(16)25-14(2)3)21(13-28-15(4)27)26-19-9-6-17(7-10-19)22(23)24;/h6-12,14,21,25-26H,5,13H2,1-4H3,(H3,23,24);1H. The van der Waals surface area contributed by atoms with Gasteiger partial charge in [-0.1, -0.05) is 19.1 Å². The van der Waals surface area contributed by atoms with E-state index in [-0.39, 0.29) is 36.9 Å². The number of hydrogen-bond acceptors (Lipinski definition) is 5. The molecule has 0 aliphatic heterocycles. The maximum atomic E-state index is 11.4. The minimum Gasteiger partial charge on any atom is -0.463 e. The molecule has 158 valence electrons. The van der Waals surface area contributed by atoms with E-state index in [9.17, 15) is 4.79 Å². The lowest BCUT2D eigenvalue weighted by atomic mass is 10.0. The summed E-state index contributed by atoms with van der Waals surface area (Å²) in [5.74, 6) is -0.281. The first-order chi connectivity index (χ1) is 13.3. The minimum absolute atomic E-state index is 0. The number of benzene rings is 2. The molecule has 0 aromatic heterocycles. The van der Waals surface area contributed by atoms with Crippen molar-refractivity contribution >= 4 is 35.6 Å². The van der Waals surface area contributed by atoms with Gasteiger partial charge in [-0.2, -0.15) is 0 Å². The molecule has 0 radical (unpaired) electrons. The highest BCUT2D eigenvalue weighted by atomic mass is 35.5. The van der Waals surface area contributed by atoms with E-state index in [1.54, 1.807) is 12.1 Å². The molecule has 0 aliphatic rings. The fraction of sp³-hybridized carbons (Fsp3) is 0.364. The number of nitrogens with two attached hydrogens (primary N) is 1. The molecule has 5 N–H and O–H groups in total. The highest BCUT2D eigenvalue weighted by Gasteiger charge is 2.16. The van der Waals surface area contributed by atoms with Crippen LogP contribution >= 0.6 is 12.4 Å². The summed E-state index contributed by atoms with van der Waals surface area (Å²) in [6.07, 6.45) is 0.899. The molecule has 0 fully saturated rings. The topological polar surface area (TPSA) is 100 Å². The second-order valence-corrected chi connectivity index (χ2v) is 7.06. The van der Waals surface area contributed by atoms with Gasteiger partial charge in [-0.3, -0.25) is 10.2 Å². The minimum atomic E-state index is -0.312. The Hall–Kier alpha value is -2.73. The number of rotatable bonds is 9. The van der Waals surface area contributed by atoms with E-state index in [1.165, 1.54) is 12.5 Å². The molecular weight excluding hydrogens is 388 g/mol. The first-order valence-corrected chi connectivity index (χ1v) is 9.53. The number of halogens is 1. The zero-order chi connectivity index (χ0) is 20.7. The molecule has 2 rings (SSSR count). The van der Waals surface area contributed by atoms with Crippen LogP contribution < -0.4 is 16.4 Å². The van der Waals surface area contributed by atoms with E-state index in [2.05, 4.69) is 49.6 Å². The van der Waals surface area contributed by atoms with Crippen molar-refractivity contribution in [1.29, 1.82) is 5.41 Å². The molecule has 7 heteroatoms. The monoisotopic (exact) mass is 418 g/mol. The smallest absolute Gasteiger partial charge is 0.302 e. The van der Waals surface area contributed by atoms with Crippen molar-refractivity contribution in [2.24, 2.45) is 5.73 Å². The van der Waals surface area contributed by atoms with E-state index in [0.717, 1.165) is 23.4 Å². The van der Waals surface area contributed by atoms with Gasteiger partial charge in [0.15, 0.2) is 0 Å². The van der Waals surface area contributed by atoms with Crippen LogP contribution in [0, 0.1) is 5.41 Å². The predicted molar refractivity (Wildman–Crippen MR) is 122 cm³/mol. The molecule has 2 aromatic carbocycles. The molecule has 0 amide bonds. The van der Waals surface area contributed by atoms with E-state index < -0.39 is 0 Å². The number of esters is 1. The highest BCUT2D eigenvalue weighted by Crippen LogP contribution is 2.26. The molecule has 0 spiro atoms. The van der Waals surface area contributed by atoms with Crippen molar-refractivity contribution < 1.29 is 9.53 Å². The van der Waals surface area contributed by atoms with Gasteiger partial charge in [0, 0.05) is 29.9 Å². The Bertz CT molecular complexity index is 822. The van der Waals surface area contributed by atoms with Crippen LogP contribution in [0.4, 0.5) is 11.4 Å². The SMILES string of the molecule is CCc1cc(C(COC(C)=O)Nc2ccc(C(=N)N)cc2)ccc1NC(C)C.Cl. The predicted octanol–water partition coefficient (Wildman–Crippen LogP) is 4.49. The molecule has 0 heterocycles. The Morgan fingerprint density at radius 3 is 2.31 bits per heavy atom. The van der Waals surface area contributed by atoms with E-state index in [0.29, 0.717) is 11.6 Å². The average Bonchev–Trinajstić information content (AvgIpc) is 2.65. The summed E-state index contributed by atoms with van der Waals surface area (Å²) in [6, 6.07) is 13.8. The number of hydrogen-bond donors (Lipinski definition) is 4. The summed E-state index contributed by atoms with van der Waals surface area (Å²) in [4.78, 5) is 11.4. The molecule has 1 unspecified atom stereocenters. The molecular formula is C22H31ClN4O2. The van der Waals surface area contributed by atoms with Gasteiger partial charge in [-0.25, -0.2) is 0 Å². The van der Waals surface area contributed by atoms with Gasteiger partial charge in [-0.05, 0) is 61.7 Å². The molecule has 6 nitrogen and oxygen atoms in total. The second-order valence-electron chi connectivity index (χ2n) is 7.06. The van der Waals surface area contributed by atoms with Gasteiger partial charge in [-0.15, -0.1) is 12.4 Å². The Kier molecular flexibility index (Phi) is 9.48. The Morgan fingerprint density at radius 2 is 1.79 bits per heavy atom. The summed E-state index contributed by atoms with van der Waals surface area (Å²) in [5.41, 5.74) is 10.4. The number of amidine groups is 1. The van der Waals surface area contributed by atoms with Crippen LogP contribution in [-0.4, -0.2) is 24.5 Å². The van der Waals surface area contributed by atoms with Gasteiger partial charge in [0.25, 0.3) is 0 Å². The Morgan fingerprint density at radius 1 is 1.14 bits per heavy atom. The maximum Gasteiger partial charge on any atom is 0.302 e. The summed E-state index contributed by atoms with van der Waals surface area (Å²) >= 11 is 0. The number of aryl methyl sites for hydroxylation is 1. The lowest BCUT2D eigenvalue weighted by Crippen LogP contribution is -2.19. The normalized spacial score (nSPS) is 11.3. The third-order valence-corrected chi connectivity index (χ3v) is 4.35. The molecule has 0 aliphatic carbocycles. The number of ether oxygens (including phenoxy) is 1. The third-order valence-electron chi connectivity index (χ3n) is 4.35. The Balaban J connectivity index is 0.00000420. The summed E-state index contributed by atoms with van der Waals surface area (Å²) in [5, 5.41) is 14.4. The van der Waals surface area contributed by atoms with Gasteiger partial charge in [0.2, 0.25) is 0 Å². The van der Waals surface area contributed by atoms with Crippen molar-refractivity contribution in [3.8, 4) is 0 Å². The fourth-order valence-electron chi connectivity index (χ4n) is 2.94. The summed E-state index contributed by atoms with van der Waals surface area (Å²) in [6.45, 7) is 7.99. The van der Waals surface area contributed by atoms with Crippen molar-refractivity contribution in [2.45, 2.75) is 46.2 Å². The highest BCUT2D eigenvalue weighted by molar-refractivity contribution is 5.95. The van der Waals surface area contributed by atoms with E-state index >= 15 is 0 Å². The molecule has 0 saturated carbocycles. The molecule has 1 atom stereocenters. The second kappa shape index (κ2) is 11.3. The number of carbonyl (C=O) groups excluding carboxylic acids is 1. The van der Waals surface area contributed by atoms with E-state index in [4.69, 9.17) is 15.9 Å². The number of carbonyl (C=O) groups is 1. The number of nitrogens with one attached hydrogen (secondary N) is 3. The molecule has 0 bridgehead atoms. The van der Waals surface area contributed by atoms with Crippen LogP contribution in [0.5, 0.6) is 0 Å².